The fourth-order valence-electron chi connectivity index (χ4n) is 3.32. The number of aromatic amines is 1. The molecule has 2 heterocycles. The number of likely N-dealkylation sites (tertiary alicyclic amines) is 1. The van der Waals surface area contributed by atoms with Gasteiger partial charge in [0.1, 0.15) is 0 Å². The number of para-hydroxylation sites is 2. The average Bonchev–Trinajstić information content (AvgIpc) is 3.05. The van der Waals surface area contributed by atoms with Crippen molar-refractivity contribution in [3.8, 4) is 0 Å². The van der Waals surface area contributed by atoms with Crippen LogP contribution in [-0.2, 0) is 6.54 Å². The molecule has 1 unspecified atom stereocenters. The second-order valence-corrected chi connectivity index (χ2v) is 5.92. The van der Waals surface area contributed by atoms with E-state index in [1.165, 1.54) is 6.42 Å². The number of hydrogen-bond donors (Lipinski definition) is 2. The van der Waals surface area contributed by atoms with Gasteiger partial charge in [-0.1, -0.05) is 12.1 Å². The van der Waals surface area contributed by atoms with Crippen LogP contribution in [0, 0.1) is 5.92 Å². The lowest BCUT2D eigenvalue weighted by Crippen LogP contribution is -2.25. The normalized spacial score (nSPS) is 19.6. The monoisotopic (exact) mass is 289 g/mol. The van der Waals surface area contributed by atoms with Gasteiger partial charge >= 0.3 is 5.69 Å². The Bertz CT molecular complexity index is 646. The largest absolute Gasteiger partial charge is 0.396 e. The molecule has 1 aliphatic heterocycles. The molecule has 0 amide bonds. The number of rotatable bonds is 6. The van der Waals surface area contributed by atoms with Gasteiger partial charge in [-0.05, 0) is 50.4 Å². The molecule has 5 nitrogen and oxygen atoms in total. The summed E-state index contributed by atoms with van der Waals surface area (Å²) in [5.74, 6) is 0.644. The molecule has 1 atom stereocenters. The van der Waals surface area contributed by atoms with Crippen molar-refractivity contribution in [2.75, 3.05) is 26.2 Å². The quantitative estimate of drug-likeness (QED) is 0.845. The van der Waals surface area contributed by atoms with E-state index < -0.39 is 0 Å². The zero-order valence-corrected chi connectivity index (χ0v) is 12.3. The maximum Gasteiger partial charge on any atom is 0.326 e. The second-order valence-electron chi connectivity index (χ2n) is 5.92. The molecule has 1 aliphatic rings. The first-order valence-corrected chi connectivity index (χ1v) is 7.78. The first-order chi connectivity index (χ1) is 10.3. The van der Waals surface area contributed by atoms with Gasteiger partial charge in [-0.2, -0.15) is 0 Å². The Morgan fingerprint density at radius 1 is 1.29 bits per heavy atom. The molecule has 3 rings (SSSR count). The van der Waals surface area contributed by atoms with E-state index in [1.807, 2.05) is 28.8 Å². The molecule has 0 aliphatic carbocycles. The first kappa shape index (κ1) is 14.4. The highest BCUT2D eigenvalue weighted by atomic mass is 16.3. The zero-order chi connectivity index (χ0) is 14.7. The Kier molecular flexibility index (Phi) is 4.41. The summed E-state index contributed by atoms with van der Waals surface area (Å²) in [6, 6.07) is 7.83. The van der Waals surface area contributed by atoms with E-state index in [9.17, 15) is 4.79 Å². The molecular weight excluding hydrogens is 266 g/mol. The standard InChI is InChI=1S/C16H23N3O2/c20-11-7-13-6-10-18(12-13)8-3-9-19-15-5-2-1-4-14(15)17-16(19)21/h1-2,4-5,13,20H,3,6-12H2,(H,17,21). The number of aromatic nitrogens is 2. The summed E-state index contributed by atoms with van der Waals surface area (Å²) in [6.07, 6.45) is 3.08. The van der Waals surface area contributed by atoms with E-state index in [2.05, 4.69) is 9.88 Å². The van der Waals surface area contributed by atoms with Crippen LogP contribution >= 0.6 is 0 Å². The lowest BCUT2D eigenvalue weighted by Gasteiger charge is -2.15. The Labute approximate surface area is 124 Å². The van der Waals surface area contributed by atoms with Gasteiger partial charge in [0, 0.05) is 19.7 Å². The number of nitrogens with zero attached hydrogens (tertiary/aromatic N) is 2. The predicted octanol–water partition coefficient (Wildman–Crippen LogP) is 1.42. The maximum absolute atomic E-state index is 12.0. The minimum atomic E-state index is -0.0178. The third-order valence-electron chi connectivity index (χ3n) is 4.44. The van der Waals surface area contributed by atoms with Gasteiger partial charge in [0.2, 0.25) is 0 Å². The number of aliphatic hydroxyl groups is 1. The fourth-order valence-corrected chi connectivity index (χ4v) is 3.32. The topological polar surface area (TPSA) is 61.3 Å². The highest BCUT2D eigenvalue weighted by Crippen LogP contribution is 2.19. The van der Waals surface area contributed by atoms with E-state index in [0.717, 1.165) is 50.1 Å². The Balaban J connectivity index is 1.56. The number of H-pyrrole nitrogens is 1. The maximum atomic E-state index is 12.0. The van der Waals surface area contributed by atoms with E-state index in [4.69, 9.17) is 5.11 Å². The fraction of sp³-hybridized carbons (Fsp3) is 0.562. The lowest BCUT2D eigenvalue weighted by atomic mass is 10.1. The van der Waals surface area contributed by atoms with Gasteiger partial charge in [0.05, 0.1) is 11.0 Å². The Morgan fingerprint density at radius 3 is 3.00 bits per heavy atom. The van der Waals surface area contributed by atoms with Gasteiger partial charge in [-0.15, -0.1) is 0 Å². The average molecular weight is 289 g/mol. The highest BCUT2D eigenvalue weighted by Gasteiger charge is 2.21. The van der Waals surface area contributed by atoms with Crippen LogP contribution in [0.15, 0.2) is 29.1 Å². The number of aryl methyl sites for hydroxylation is 1. The molecule has 1 aromatic heterocycles. The van der Waals surface area contributed by atoms with Crippen molar-refractivity contribution in [3.63, 3.8) is 0 Å². The summed E-state index contributed by atoms with van der Waals surface area (Å²) < 4.78 is 1.83. The van der Waals surface area contributed by atoms with E-state index >= 15 is 0 Å². The van der Waals surface area contributed by atoms with E-state index in [-0.39, 0.29) is 5.69 Å². The Hall–Kier alpha value is -1.59. The summed E-state index contributed by atoms with van der Waals surface area (Å²) in [4.78, 5) is 17.3. The summed E-state index contributed by atoms with van der Waals surface area (Å²) in [6.45, 7) is 4.28. The van der Waals surface area contributed by atoms with Crippen molar-refractivity contribution in [2.24, 2.45) is 5.92 Å². The van der Waals surface area contributed by atoms with E-state index in [0.29, 0.717) is 12.5 Å². The third-order valence-corrected chi connectivity index (χ3v) is 4.44. The molecule has 1 saturated heterocycles. The van der Waals surface area contributed by atoms with Gasteiger partial charge in [0.25, 0.3) is 0 Å². The van der Waals surface area contributed by atoms with E-state index in [1.54, 1.807) is 0 Å². The minimum absolute atomic E-state index is 0.0178. The molecular formula is C16H23N3O2. The molecule has 2 N–H and O–H groups in total. The molecule has 0 radical (unpaired) electrons. The molecule has 1 aromatic carbocycles. The molecule has 21 heavy (non-hydrogen) atoms. The van der Waals surface area contributed by atoms with Crippen LogP contribution in [0.3, 0.4) is 0 Å². The van der Waals surface area contributed by atoms with Crippen molar-refractivity contribution in [2.45, 2.75) is 25.8 Å². The molecule has 0 bridgehead atoms. The van der Waals surface area contributed by atoms with Crippen LogP contribution < -0.4 is 5.69 Å². The molecule has 1 fully saturated rings. The molecule has 2 aromatic rings. The smallest absolute Gasteiger partial charge is 0.326 e. The predicted molar refractivity (Wildman–Crippen MR) is 83.4 cm³/mol. The van der Waals surface area contributed by atoms with Crippen LogP contribution in [0.2, 0.25) is 0 Å². The van der Waals surface area contributed by atoms with Crippen LogP contribution in [0.5, 0.6) is 0 Å². The number of aliphatic hydroxyl groups excluding tert-OH is 1. The van der Waals surface area contributed by atoms with Crippen molar-refractivity contribution < 1.29 is 5.11 Å². The molecule has 5 heteroatoms. The van der Waals surface area contributed by atoms with Gasteiger partial charge < -0.3 is 15.0 Å². The summed E-state index contributed by atoms with van der Waals surface area (Å²) in [5.41, 5.74) is 1.88. The number of hydrogen-bond acceptors (Lipinski definition) is 3. The number of imidazole rings is 1. The van der Waals surface area contributed by atoms with Crippen molar-refractivity contribution in [3.05, 3.63) is 34.7 Å². The Morgan fingerprint density at radius 2 is 2.14 bits per heavy atom. The number of fused-ring (bicyclic) bond motifs is 1. The summed E-state index contributed by atoms with van der Waals surface area (Å²) >= 11 is 0. The molecule has 0 spiro atoms. The number of benzene rings is 1. The third kappa shape index (κ3) is 3.19. The number of nitrogens with one attached hydrogen (secondary N) is 1. The second kappa shape index (κ2) is 6.45. The van der Waals surface area contributed by atoms with Crippen LogP contribution in [0.4, 0.5) is 0 Å². The van der Waals surface area contributed by atoms with Gasteiger partial charge in [0.15, 0.2) is 0 Å². The van der Waals surface area contributed by atoms with Crippen LogP contribution in [0.1, 0.15) is 19.3 Å². The SMILES string of the molecule is O=c1[nH]c2ccccc2n1CCCN1CCC(CCO)C1. The molecule has 114 valence electrons. The van der Waals surface area contributed by atoms with Gasteiger partial charge in [-0.3, -0.25) is 4.57 Å². The summed E-state index contributed by atoms with van der Waals surface area (Å²) in [7, 11) is 0. The van der Waals surface area contributed by atoms with Crippen molar-refractivity contribution >= 4 is 11.0 Å². The van der Waals surface area contributed by atoms with Crippen molar-refractivity contribution in [1.29, 1.82) is 0 Å². The lowest BCUT2D eigenvalue weighted by molar-refractivity contribution is 0.249. The summed E-state index contributed by atoms with van der Waals surface area (Å²) in [5, 5.41) is 8.99. The minimum Gasteiger partial charge on any atom is -0.396 e. The first-order valence-electron chi connectivity index (χ1n) is 7.78. The molecule has 0 saturated carbocycles. The highest BCUT2D eigenvalue weighted by molar-refractivity contribution is 5.74. The van der Waals surface area contributed by atoms with Crippen molar-refractivity contribution in [1.82, 2.24) is 14.5 Å². The van der Waals surface area contributed by atoms with Crippen LogP contribution in [-0.4, -0.2) is 45.8 Å². The zero-order valence-electron chi connectivity index (χ0n) is 12.3. The van der Waals surface area contributed by atoms with Crippen LogP contribution in [0.25, 0.3) is 11.0 Å². The van der Waals surface area contributed by atoms with Gasteiger partial charge in [-0.25, -0.2) is 4.79 Å².